The molecule has 0 spiro atoms. The van der Waals surface area contributed by atoms with Crippen LogP contribution in [0.1, 0.15) is 10.5 Å². The molecule has 0 aliphatic heterocycles. The molecule has 2 heterocycles. The molecule has 4 aromatic rings. The molecule has 4 rings (SSSR count). The normalized spacial score (nSPS) is 10.7. The maximum atomic E-state index is 12.5. The minimum atomic E-state index is -0.316. The van der Waals surface area contributed by atoms with Crippen molar-refractivity contribution in [3.8, 4) is 5.75 Å². The predicted molar refractivity (Wildman–Crippen MR) is 102 cm³/mol. The van der Waals surface area contributed by atoms with Crippen molar-refractivity contribution in [3.05, 3.63) is 79.1 Å². The Balaban J connectivity index is 1.41. The molecule has 2 aromatic carbocycles. The number of amides is 1. The van der Waals surface area contributed by atoms with E-state index in [2.05, 4.69) is 20.3 Å². The molecule has 0 saturated heterocycles. The largest absolute Gasteiger partial charge is 0.492 e. The van der Waals surface area contributed by atoms with E-state index in [1.54, 1.807) is 24.7 Å². The first-order chi connectivity index (χ1) is 13.3. The van der Waals surface area contributed by atoms with Gasteiger partial charge in [0.25, 0.3) is 5.91 Å². The molecule has 0 aliphatic rings. The van der Waals surface area contributed by atoms with Crippen LogP contribution in [0.4, 0.5) is 5.69 Å². The van der Waals surface area contributed by atoms with Crippen LogP contribution in [-0.4, -0.2) is 32.0 Å². The fraction of sp³-hybridized carbons (Fsp3) is 0.100. The number of carbonyl (C=O) groups is 1. The van der Waals surface area contributed by atoms with Gasteiger partial charge < -0.3 is 14.6 Å². The molecule has 2 aromatic heterocycles. The summed E-state index contributed by atoms with van der Waals surface area (Å²) in [6.45, 7) is 1.20. The van der Waals surface area contributed by atoms with Gasteiger partial charge >= 0.3 is 0 Å². The maximum absolute atomic E-state index is 12.5. The second-order valence-corrected chi connectivity index (χ2v) is 5.87. The number of fused-ring (bicyclic) bond motifs is 1. The highest BCUT2D eigenvalue weighted by molar-refractivity contribution is 6.03. The van der Waals surface area contributed by atoms with E-state index in [1.807, 2.05) is 47.2 Å². The van der Waals surface area contributed by atoms with Crippen LogP contribution in [0.5, 0.6) is 5.75 Å². The Morgan fingerprint density at radius 1 is 1.11 bits per heavy atom. The number of nitrogens with zero attached hydrogens (tertiary/aromatic N) is 4. The summed E-state index contributed by atoms with van der Waals surface area (Å²) in [5.41, 5.74) is 2.33. The van der Waals surface area contributed by atoms with Crippen molar-refractivity contribution in [1.82, 2.24) is 19.5 Å². The van der Waals surface area contributed by atoms with Crippen molar-refractivity contribution in [2.24, 2.45) is 0 Å². The Bertz CT molecular complexity index is 1060. The second-order valence-electron chi connectivity index (χ2n) is 5.87. The molecule has 0 saturated carbocycles. The average molecular weight is 359 g/mol. The Hall–Kier alpha value is -3.74. The SMILES string of the molecule is O=C(Nc1cccc(OCCn2ccnc2)c1)c1cnc2ccccc2n1. The van der Waals surface area contributed by atoms with Gasteiger partial charge in [0, 0.05) is 24.1 Å². The summed E-state index contributed by atoms with van der Waals surface area (Å²) in [5.74, 6) is 0.362. The first-order valence-corrected chi connectivity index (χ1v) is 8.50. The summed E-state index contributed by atoms with van der Waals surface area (Å²) in [6, 6.07) is 14.7. The highest BCUT2D eigenvalue weighted by Gasteiger charge is 2.10. The first kappa shape index (κ1) is 16.7. The van der Waals surface area contributed by atoms with Crippen molar-refractivity contribution in [3.63, 3.8) is 0 Å². The van der Waals surface area contributed by atoms with Gasteiger partial charge in [-0.05, 0) is 24.3 Å². The highest BCUT2D eigenvalue weighted by Crippen LogP contribution is 2.18. The molecule has 0 fully saturated rings. The fourth-order valence-corrected chi connectivity index (χ4v) is 2.61. The summed E-state index contributed by atoms with van der Waals surface area (Å²) < 4.78 is 7.67. The van der Waals surface area contributed by atoms with Crippen molar-refractivity contribution in [2.45, 2.75) is 6.54 Å². The van der Waals surface area contributed by atoms with Gasteiger partial charge in [-0.3, -0.25) is 9.78 Å². The number of aromatic nitrogens is 4. The molecule has 134 valence electrons. The smallest absolute Gasteiger partial charge is 0.275 e. The van der Waals surface area contributed by atoms with E-state index in [4.69, 9.17) is 4.74 Å². The lowest BCUT2D eigenvalue weighted by molar-refractivity contribution is 0.102. The molecular weight excluding hydrogens is 342 g/mol. The number of benzene rings is 2. The van der Waals surface area contributed by atoms with Crippen LogP contribution in [0.25, 0.3) is 11.0 Å². The van der Waals surface area contributed by atoms with E-state index in [1.165, 1.54) is 6.20 Å². The van der Waals surface area contributed by atoms with Crippen molar-refractivity contribution < 1.29 is 9.53 Å². The zero-order chi connectivity index (χ0) is 18.5. The van der Waals surface area contributed by atoms with Gasteiger partial charge in [0.2, 0.25) is 0 Å². The summed E-state index contributed by atoms with van der Waals surface area (Å²) in [7, 11) is 0. The third kappa shape index (κ3) is 4.09. The molecule has 1 amide bonds. The molecule has 0 atom stereocenters. The van der Waals surface area contributed by atoms with E-state index in [-0.39, 0.29) is 11.6 Å². The van der Waals surface area contributed by atoms with Gasteiger partial charge in [-0.2, -0.15) is 0 Å². The van der Waals surface area contributed by atoms with Crippen LogP contribution in [0.2, 0.25) is 0 Å². The van der Waals surface area contributed by atoms with Crippen LogP contribution in [0.15, 0.2) is 73.4 Å². The van der Waals surface area contributed by atoms with Crippen molar-refractivity contribution in [1.29, 1.82) is 0 Å². The number of rotatable bonds is 6. The molecule has 7 nitrogen and oxygen atoms in total. The predicted octanol–water partition coefficient (Wildman–Crippen LogP) is 3.16. The average Bonchev–Trinajstić information content (AvgIpc) is 3.21. The number of anilines is 1. The zero-order valence-electron chi connectivity index (χ0n) is 14.4. The molecule has 0 bridgehead atoms. The molecule has 27 heavy (non-hydrogen) atoms. The summed E-state index contributed by atoms with van der Waals surface area (Å²) >= 11 is 0. The molecule has 7 heteroatoms. The summed E-state index contributed by atoms with van der Waals surface area (Å²) in [6.07, 6.45) is 6.82. The van der Waals surface area contributed by atoms with Crippen LogP contribution < -0.4 is 10.1 Å². The molecule has 0 unspecified atom stereocenters. The van der Waals surface area contributed by atoms with E-state index in [9.17, 15) is 4.79 Å². The first-order valence-electron chi connectivity index (χ1n) is 8.50. The fourth-order valence-electron chi connectivity index (χ4n) is 2.61. The van der Waals surface area contributed by atoms with Crippen LogP contribution in [-0.2, 0) is 6.54 Å². The topological polar surface area (TPSA) is 81.9 Å². The van der Waals surface area contributed by atoms with Crippen LogP contribution in [0.3, 0.4) is 0 Å². The Morgan fingerprint density at radius 3 is 2.85 bits per heavy atom. The zero-order valence-corrected chi connectivity index (χ0v) is 14.4. The van der Waals surface area contributed by atoms with Crippen molar-refractivity contribution in [2.75, 3.05) is 11.9 Å². The third-order valence-corrected chi connectivity index (χ3v) is 3.95. The third-order valence-electron chi connectivity index (χ3n) is 3.95. The number of para-hydroxylation sites is 2. The van der Waals surface area contributed by atoms with E-state index in [0.717, 1.165) is 5.52 Å². The van der Waals surface area contributed by atoms with Gasteiger partial charge in [-0.15, -0.1) is 0 Å². The molecule has 0 aliphatic carbocycles. The minimum absolute atomic E-state index is 0.264. The second kappa shape index (κ2) is 7.65. The number of hydrogen-bond donors (Lipinski definition) is 1. The quantitative estimate of drug-likeness (QED) is 0.572. The molecule has 1 N–H and O–H groups in total. The lowest BCUT2D eigenvalue weighted by atomic mass is 10.2. The Kier molecular flexibility index (Phi) is 4.74. The van der Waals surface area contributed by atoms with E-state index in [0.29, 0.717) is 30.1 Å². The lowest BCUT2D eigenvalue weighted by Gasteiger charge is -2.09. The van der Waals surface area contributed by atoms with Gasteiger partial charge in [0.1, 0.15) is 18.1 Å². The maximum Gasteiger partial charge on any atom is 0.275 e. The monoisotopic (exact) mass is 359 g/mol. The van der Waals surface area contributed by atoms with E-state index < -0.39 is 0 Å². The Labute approximate surface area is 155 Å². The van der Waals surface area contributed by atoms with Crippen LogP contribution >= 0.6 is 0 Å². The van der Waals surface area contributed by atoms with Gasteiger partial charge in [0.15, 0.2) is 0 Å². The lowest BCUT2D eigenvalue weighted by Crippen LogP contribution is -2.14. The van der Waals surface area contributed by atoms with E-state index >= 15 is 0 Å². The van der Waals surface area contributed by atoms with Gasteiger partial charge in [0.05, 0.1) is 30.1 Å². The summed E-state index contributed by atoms with van der Waals surface area (Å²) in [4.78, 5) is 25.1. The number of nitrogens with one attached hydrogen (secondary N) is 1. The highest BCUT2D eigenvalue weighted by atomic mass is 16.5. The standard InChI is InChI=1S/C20H17N5O2/c26-20(19-13-22-17-6-1-2-7-18(17)24-19)23-15-4-3-5-16(12-15)27-11-10-25-9-8-21-14-25/h1-9,12-14H,10-11H2,(H,23,26). The number of imidazole rings is 1. The van der Waals surface area contributed by atoms with Gasteiger partial charge in [-0.25, -0.2) is 9.97 Å². The molecule has 0 radical (unpaired) electrons. The van der Waals surface area contributed by atoms with Crippen molar-refractivity contribution >= 4 is 22.6 Å². The van der Waals surface area contributed by atoms with Crippen LogP contribution in [0, 0.1) is 0 Å². The van der Waals surface area contributed by atoms with Gasteiger partial charge in [-0.1, -0.05) is 18.2 Å². The number of carbonyl (C=O) groups excluding carboxylic acids is 1. The summed E-state index contributed by atoms with van der Waals surface area (Å²) in [5, 5.41) is 2.83. The molecular formula is C20H17N5O2. The Morgan fingerprint density at radius 2 is 2.00 bits per heavy atom. The number of hydrogen-bond acceptors (Lipinski definition) is 5. The number of ether oxygens (including phenoxy) is 1. The minimum Gasteiger partial charge on any atom is -0.492 e.